The molecule has 0 heterocycles. The van der Waals surface area contributed by atoms with Crippen LogP contribution < -0.4 is 47.9 Å². The number of benzene rings is 8. The zero-order valence-electron chi connectivity index (χ0n) is 29.9. The Kier molecular flexibility index (Phi) is 10.0. The quantitative estimate of drug-likeness (QED) is 0.139. The Labute approximate surface area is 319 Å². The molecule has 0 bridgehead atoms. The summed E-state index contributed by atoms with van der Waals surface area (Å²) in [5, 5.41) is 8.51. The summed E-state index contributed by atoms with van der Waals surface area (Å²) in [5.41, 5.74) is 8.63. The summed E-state index contributed by atoms with van der Waals surface area (Å²) in [6.07, 6.45) is 0. The van der Waals surface area contributed by atoms with Crippen molar-refractivity contribution in [1.82, 2.24) is 0 Å². The molecular weight excluding hydrogens is 711 g/mol. The summed E-state index contributed by atoms with van der Waals surface area (Å²) in [4.78, 5) is 0. The van der Waals surface area contributed by atoms with Crippen LogP contribution >= 0.6 is 21.2 Å². The van der Waals surface area contributed by atoms with Gasteiger partial charge in [-0.3, -0.25) is 0 Å². The minimum absolute atomic E-state index is 0.982. The summed E-state index contributed by atoms with van der Waals surface area (Å²) in [5.74, 6) is 0. The van der Waals surface area contributed by atoms with Crippen LogP contribution in [-0.4, -0.2) is 0 Å². The Morgan fingerprint density at radius 2 is 0.519 bits per heavy atom. The van der Waals surface area contributed by atoms with Gasteiger partial charge >= 0.3 is 321 Å². The van der Waals surface area contributed by atoms with Crippen LogP contribution in [0.25, 0.3) is 0 Å². The number of rotatable bonds is 10. The van der Waals surface area contributed by atoms with Crippen LogP contribution in [0.1, 0.15) is 0 Å². The Morgan fingerprint density at radius 1 is 0.296 bits per heavy atom. The SMILES string of the molecule is NP(N=P(N=P(c1ccccc1)(c1ccccc1)c1ccccc1)(c1ccccc1)c1ccccc1)(c1ccccc1)(c1ccccc1)c1ccccc1. The molecular formula is C48H42N3P3. The minimum atomic E-state index is -4.28. The summed E-state index contributed by atoms with van der Waals surface area (Å²) in [7, 11) is -6.12. The first-order chi connectivity index (χ1) is 26.6. The molecule has 0 unspecified atom stereocenters. The monoisotopic (exact) mass is 753 g/mol. The third kappa shape index (κ3) is 6.15. The summed E-state index contributed by atoms with van der Waals surface area (Å²) in [6, 6.07) is 85.7. The molecule has 8 aromatic rings. The number of hydrogen-bond acceptors (Lipinski definition) is 2. The first kappa shape index (κ1) is 35.6. The van der Waals surface area contributed by atoms with Crippen molar-refractivity contribution < 1.29 is 0 Å². The van der Waals surface area contributed by atoms with E-state index in [1.807, 2.05) is 0 Å². The third-order valence-electron chi connectivity index (χ3n) is 10.0. The molecule has 264 valence electrons. The molecule has 0 atom stereocenters. The van der Waals surface area contributed by atoms with E-state index in [9.17, 15) is 0 Å². The molecule has 8 aromatic carbocycles. The Hall–Kier alpha value is -5.39. The fourth-order valence-electron chi connectivity index (χ4n) is 7.43. The Morgan fingerprint density at radius 3 is 0.778 bits per heavy atom. The maximum absolute atomic E-state index is 8.63. The van der Waals surface area contributed by atoms with Gasteiger partial charge in [-0.25, -0.2) is 0 Å². The van der Waals surface area contributed by atoms with Gasteiger partial charge in [-0.05, 0) is 0 Å². The van der Waals surface area contributed by atoms with E-state index in [0.29, 0.717) is 0 Å². The van der Waals surface area contributed by atoms with Crippen LogP contribution in [0.5, 0.6) is 0 Å². The molecule has 6 heteroatoms. The van der Waals surface area contributed by atoms with Crippen molar-refractivity contribution >= 4 is 63.6 Å². The van der Waals surface area contributed by atoms with Gasteiger partial charge in [0.05, 0.1) is 0 Å². The molecule has 54 heavy (non-hydrogen) atoms. The standard InChI is InChI=1S/C48H42N3P3/c49-54(46-35-19-6-20-36-46,47-37-21-7-22-38-47,48-39-23-8-24-40-48)51-53(44-31-15-4-16-32-44,45-33-17-5-18-34-45)50-52(41-25-9-1-10-26-41,42-27-11-2-12-28-42)43-29-13-3-14-30-43/h1-40H,49H2. The molecule has 0 saturated heterocycles. The van der Waals surface area contributed by atoms with Crippen molar-refractivity contribution in [3.63, 3.8) is 0 Å². The first-order valence-electron chi connectivity index (χ1n) is 18.1. The van der Waals surface area contributed by atoms with Gasteiger partial charge < -0.3 is 0 Å². The van der Waals surface area contributed by atoms with Crippen molar-refractivity contribution in [2.45, 2.75) is 0 Å². The van der Waals surface area contributed by atoms with Crippen LogP contribution in [0.3, 0.4) is 0 Å². The molecule has 0 spiro atoms. The van der Waals surface area contributed by atoms with Crippen LogP contribution in [0.4, 0.5) is 0 Å². The van der Waals surface area contributed by atoms with E-state index in [0.717, 1.165) is 42.4 Å². The first-order valence-corrected chi connectivity index (χ1v) is 23.8. The fourth-order valence-corrected chi connectivity index (χ4v) is 23.1. The average molecular weight is 754 g/mol. The molecule has 0 aromatic heterocycles. The summed E-state index contributed by atoms with van der Waals surface area (Å²) in [6.45, 7) is -4.28. The van der Waals surface area contributed by atoms with Crippen LogP contribution in [0, 0.1) is 0 Å². The van der Waals surface area contributed by atoms with Gasteiger partial charge in [-0.15, -0.1) is 0 Å². The van der Waals surface area contributed by atoms with Crippen LogP contribution in [0.2, 0.25) is 0 Å². The predicted octanol–water partition coefficient (Wildman–Crippen LogP) is 9.25. The van der Waals surface area contributed by atoms with Crippen LogP contribution in [0.15, 0.2) is 252 Å². The van der Waals surface area contributed by atoms with E-state index < -0.39 is 21.2 Å². The third-order valence-corrected chi connectivity index (χ3v) is 23.9. The Bertz CT molecular complexity index is 2310. The van der Waals surface area contributed by atoms with Gasteiger partial charge in [-0.2, -0.15) is 0 Å². The predicted molar refractivity (Wildman–Crippen MR) is 238 cm³/mol. The van der Waals surface area contributed by atoms with Crippen LogP contribution in [-0.2, 0) is 0 Å². The number of hydrogen-bond donors (Lipinski definition) is 1. The van der Waals surface area contributed by atoms with Gasteiger partial charge in [0.25, 0.3) is 0 Å². The molecule has 0 aliphatic heterocycles. The molecule has 0 aliphatic carbocycles. The second-order valence-corrected chi connectivity index (χ2v) is 23.6. The van der Waals surface area contributed by atoms with E-state index in [2.05, 4.69) is 243 Å². The second kappa shape index (κ2) is 15.2. The van der Waals surface area contributed by atoms with Gasteiger partial charge in [0.2, 0.25) is 0 Å². The van der Waals surface area contributed by atoms with Gasteiger partial charge in [0.1, 0.15) is 0 Å². The van der Waals surface area contributed by atoms with E-state index in [1.54, 1.807) is 0 Å². The van der Waals surface area contributed by atoms with E-state index in [1.165, 1.54) is 0 Å². The second-order valence-electron chi connectivity index (χ2n) is 13.2. The molecule has 3 nitrogen and oxygen atoms in total. The zero-order valence-corrected chi connectivity index (χ0v) is 32.6. The van der Waals surface area contributed by atoms with E-state index in [-0.39, 0.29) is 0 Å². The molecule has 8 rings (SSSR count). The molecule has 0 fully saturated rings. The van der Waals surface area contributed by atoms with Gasteiger partial charge in [0, 0.05) is 0 Å². The molecule has 0 amide bonds. The van der Waals surface area contributed by atoms with Crippen molar-refractivity contribution in [1.29, 1.82) is 0 Å². The molecule has 0 radical (unpaired) electrons. The van der Waals surface area contributed by atoms with E-state index in [4.69, 9.17) is 14.5 Å². The van der Waals surface area contributed by atoms with Gasteiger partial charge in [0.15, 0.2) is 0 Å². The van der Waals surface area contributed by atoms with Crippen molar-refractivity contribution in [2.24, 2.45) is 14.5 Å². The van der Waals surface area contributed by atoms with Crippen molar-refractivity contribution in [3.05, 3.63) is 243 Å². The molecule has 0 saturated carbocycles. The van der Waals surface area contributed by atoms with Crippen molar-refractivity contribution in [2.75, 3.05) is 0 Å². The van der Waals surface area contributed by atoms with E-state index >= 15 is 0 Å². The zero-order chi connectivity index (χ0) is 36.8. The molecule has 0 aliphatic rings. The number of nitrogens with two attached hydrogens (primary N) is 1. The fraction of sp³-hybridized carbons (Fsp3) is 0. The van der Waals surface area contributed by atoms with Gasteiger partial charge in [-0.1, -0.05) is 0 Å². The summed E-state index contributed by atoms with van der Waals surface area (Å²) < 4.78 is 13.2. The topological polar surface area (TPSA) is 50.7 Å². The Balaban J connectivity index is 1.73. The number of nitrogens with zero attached hydrogens (tertiary/aromatic N) is 2. The maximum atomic E-state index is 8.63. The van der Waals surface area contributed by atoms with Crippen molar-refractivity contribution in [3.8, 4) is 0 Å². The normalized spacial score (nSPS) is 12.6. The molecule has 2 N–H and O–H groups in total. The average Bonchev–Trinajstić information content (AvgIpc) is 3.27. The summed E-state index contributed by atoms with van der Waals surface area (Å²) >= 11 is 0.